The summed E-state index contributed by atoms with van der Waals surface area (Å²) in [7, 11) is 0. The van der Waals surface area contributed by atoms with Gasteiger partial charge in [0.15, 0.2) is 0 Å². The molecular formula is C16H21N3S. The number of aromatic nitrogens is 1. The van der Waals surface area contributed by atoms with Gasteiger partial charge in [0.1, 0.15) is 0 Å². The molecule has 0 aliphatic carbocycles. The van der Waals surface area contributed by atoms with Crippen LogP contribution in [0.3, 0.4) is 0 Å². The van der Waals surface area contributed by atoms with E-state index in [4.69, 9.17) is 18.0 Å². The molecule has 1 aromatic carbocycles. The summed E-state index contributed by atoms with van der Waals surface area (Å²) in [6.45, 7) is 7.04. The van der Waals surface area contributed by atoms with Gasteiger partial charge in [-0.05, 0) is 30.3 Å². The van der Waals surface area contributed by atoms with Crippen molar-refractivity contribution in [3.05, 3.63) is 42.1 Å². The lowest BCUT2D eigenvalue weighted by Crippen LogP contribution is -2.33. The lowest BCUT2D eigenvalue weighted by molar-refractivity contribution is 0.264. The predicted molar refractivity (Wildman–Crippen MR) is 88.6 cm³/mol. The van der Waals surface area contributed by atoms with E-state index in [-0.39, 0.29) is 5.92 Å². The summed E-state index contributed by atoms with van der Waals surface area (Å²) in [5.41, 5.74) is 8.04. The number of hydrogen-bond donors (Lipinski definition) is 1. The lowest BCUT2D eigenvalue weighted by atomic mass is 10.1. The van der Waals surface area contributed by atoms with Crippen LogP contribution in [-0.2, 0) is 6.54 Å². The Hall–Kier alpha value is -1.52. The molecule has 1 aromatic heterocycles. The zero-order valence-electron chi connectivity index (χ0n) is 12.0. The summed E-state index contributed by atoms with van der Waals surface area (Å²) in [6, 6.07) is 10.5. The van der Waals surface area contributed by atoms with Crippen molar-refractivity contribution < 1.29 is 0 Å². The van der Waals surface area contributed by atoms with Crippen LogP contribution < -0.4 is 5.73 Å². The minimum absolute atomic E-state index is 0.243. The molecule has 2 N–H and O–H groups in total. The van der Waals surface area contributed by atoms with Crippen LogP contribution in [0.1, 0.15) is 19.4 Å². The third-order valence-corrected chi connectivity index (χ3v) is 3.94. The first-order valence-corrected chi connectivity index (χ1v) is 7.36. The normalized spacial score (nSPS) is 12.8. The molecule has 0 bridgehead atoms. The molecule has 4 heteroatoms. The third kappa shape index (κ3) is 3.74. The molecule has 0 amide bonds. The third-order valence-electron chi connectivity index (χ3n) is 3.54. The highest BCUT2D eigenvalue weighted by Gasteiger charge is 2.11. The van der Waals surface area contributed by atoms with Crippen LogP contribution >= 0.6 is 12.2 Å². The van der Waals surface area contributed by atoms with Gasteiger partial charge in [0.25, 0.3) is 0 Å². The number of fused-ring (bicyclic) bond motifs is 1. The van der Waals surface area contributed by atoms with E-state index in [0.29, 0.717) is 4.99 Å². The standard InChI is InChI=1S/C16H21N3S/c1-3-19(10-12(2)16(17)20)11-13-6-7-15-14(9-13)5-4-8-18-15/h4-9,12H,3,10-11H2,1-2H3,(H2,17,20). The Balaban J connectivity index is 2.11. The number of hydrogen-bond acceptors (Lipinski definition) is 3. The lowest BCUT2D eigenvalue weighted by Gasteiger charge is -2.24. The Bertz CT molecular complexity index is 597. The summed E-state index contributed by atoms with van der Waals surface area (Å²) < 4.78 is 0. The molecule has 0 fully saturated rings. The minimum Gasteiger partial charge on any atom is -0.393 e. The molecule has 1 atom stereocenters. The van der Waals surface area contributed by atoms with Crippen molar-refractivity contribution in [2.24, 2.45) is 11.7 Å². The molecule has 106 valence electrons. The molecule has 0 aliphatic heterocycles. The summed E-state index contributed by atoms with van der Waals surface area (Å²) in [5, 5.41) is 1.18. The van der Waals surface area contributed by atoms with Gasteiger partial charge in [-0.1, -0.05) is 38.2 Å². The van der Waals surface area contributed by atoms with E-state index in [2.05, 4.69) is 48.0 Å². The maximum Gasteiger partial charge on any atom is 0.0768 e. The SMILES string of the molecule is CCN(Cc1ccc2ncccc2c1)CC(C)C(N)=S. The average Bonchev–Trinajstić information content (AvgIpc) is 2.46. The van der Waals surface area contributed by atoms with E-state index in [1.165, 1.54) is 10.9 Å². The van der Waals surface area contributed by atoms with Crippen molar-refractivity contribution in [1.29, 1.82) is 0 Å². The van der Waals surface area contributed by atoms with Gasteiger partial charge in [-0.25, -0.2) is 0 Å². The number of pyridine rings is 1. The van der Waals surface area contributed by atoms with Gasteiger partial charge in [-0.2, -0.15) is 0 Å². The van der Waals surface area contributed by atoms with Crippen molar-refractivity contribution in [3.8, 4) is 0 Å². The molecular weight excluding hydrogens is 266 g/mol. The van der Waals surface area contributed by atoms with Crippen LogP contribution in [0.25, 0.3) is 10.9 Å². The van der Waals surface area contributed by atoms with Crippen molar-refractivity contribution in [3.63, 3.8) is 0 Å². The fraction of sp³-hybridized carbons (Fsp3) is 0.375. The molecule has 1 heterocycles. The Labute approximate surface area is 125 Å². The molecule has 0 spiro atoms. The van der Waals surface area contributed by atoms with E-state index in [1.54, 1.807) is 0 Å². The monoisotopic (exact) mass is 287 g/mol. The first-order chi connectivity index (χ1) is 9.60. The van der Waals surface area contributed by atoms with Crippen LogP contribution in [0.5, 0.6) is 0 Å². The van der Waals surface area contributed by atoms with Crippen LogP contribution in [0.15, 0.2) is 36.5 Å². The summed E-state index contributed by atoms with van der Waals surface area (Å²) in [5.74, 6) is 0.243. The summed E-state index contributed by atoms with van der Waals surface area (Å²) in [6.07, 6.45) is 1.82. The van der Waals surface area contributed by atoms with Crippen molar-refractivity contribution in [2.45, 2.75) is 20.4 Å². The zero-order valence-corrected chi connectivity index (χ0v) is 12.9. The fourth-order valence-electron chi connectivity index (χ4n) is 2.26. The van der Waals surface area contributed by atoms with Gasteiger partial charge in [-0.3, -0.25) is 9.88 Å². The molecule has 0 aliphatic rings. The Morgan fingerprint density at radius 3 is 2.90 bits per heavy atom. The van der Waals surface area contributed by atoms with E-state index >= 15 is 0 Å². The van der Waals surface area contributed by atoms with Crippen molar-refractivity contribution in [2.75, 3.05) is 13.1 Å². The number of rotatable bonds is 6. The van der Waals surface area contributed by atoms with Crippen molar-refractivity contribution in [1.82, 2.24) is 9.88 Å². The second-order valence-corrected chi connectivity index (χ2v) is 5.63. The minimum atomic E-state index is 0.243. The van der Waals surface area contributed by atoms with E-state index in [1.807, 2.05) is 12.3 Å². The molecule has 20 heavy (non-hydrogen) atoms. The molecule has 2 aromatic rings. The molecule has 3 nitrogen and oxygen atoms in total. The highest BCUT2D eigenvalue weighted by atomic mass is 32.1. The maximum atomic E-state index is 5.70. The number of nitrogens with two attached hydrogens (primary N) is 1. The van der Waals surface area contributed by atoms with E-state index < -0.39 is 0 Å². The van der Waals surface area contributed by atoms with Crippen LogP contribution in [-0.4, -0.2) is 28.0 Å². The number of thiocarbonyl (C=S) groups is 1. The van der Waals surface area contributed by atoms with E-state index in [9.17, 15) is 0 Å². The zero-order chi connectivity index (χ0) is 14.5. The molecule has 0 radical (unpaired) electrons. The second-order valence-electron chi connectivity index (χ2n) is 5.16. The Morgan fingerprint density at radius 1 is 1.40 bits per heavy atom. The first kappa shape index (κ1) is 14.9. The first-order valence-electron chi connectivity index (χ1n) is 6.95. The van der Waals surface area contributed by atoms with Gasteiger partial charge >= 0.3 is 0 Å². The van der Waals surface area contributed by atoms with Gasteiger partial charge in [0.2, 0.25) is 0 Å². The summed E-state index contributed by atoms with van der Waals surface area (Å²) >= 11 is 5.06. The highest BCUT2D eigenvalue weighted by molar-refractivity contribution is 7.80. The molecule has 1 unspecified atom stereocenters. The predicted octanol–water partition coefficient (Wildman–Crippen LogP) is 2.98. The summed E-state index contributed by atoms with van der Waals surface area (Å²) in [4.78, 5) is 7.30. The quantitative estimate of drug-likeness (QED) is 0.829. The van der Waals surface area contributed by atoms with E-state index in [0.717, 1.165) is 25.2 Å². The van der Waals surface area contributed by atoms with Gasteiger partial charge in [0.05, 0.1) is 10.5 Å². The molecule has 0 saturated carbocycles. The smallest absolute Gasteiger partial charge is 0.0768 e. The molecule has 0 saturated heterocycles. The second kappa shape index (κ2) is 6.77. The fourth-order valence-corrected chi connectivity index (χ4v) is 2.34. The van der Waals surface area contributed by atoms with Gasteiger partial charge < -0.3 is 5.73 Å². The van der Waals surface area contributed by atoms with Crippen LogP contribution in [0.2, 0.25) is 0 Å². The largest absolute Gasteiger partial charge is 0.393 e. The van der Waals surface area contributed by atoms with Crippen LogP contribution in [0.4, 0.5) is 0 Å². The topological polar surface area (TPSA) is 42.2 Å². The van der Waals surface area contributed by atoms with Crippen molar-refractivity contribution >= 4 is 28.1 Å². The highest BCUT2D eigenvalue weighted by Crippen LogP contribution is 2.15. The van der Waals surface area contributed by atoms with Gasteiger partial charge in [-0.15, -0.1) is 0 Å². The number of benzene rings is 1. The van der Waals surface area contributed by atoms with Gasteiger partial charge in [0, 0.05) is 30.6 Å². The average molecular weight is 287 g/mol. The molecule has 2 rings (SSSR count). The maximum absolute atomic E-state index is 5.70. The number of nitrogens with zero attached hydrogens (tertiary/aromatic N) is 2. The Kier molecular flexibility index (Phi) is 5.04. The van der Waals surface area contributed by atoms with Crippen LogP contribution in [0, 0.1) is 5.92 Å². The Morgan fingerprint density at radius 2 is 2.20 bits per heavy atom.